The molecule has 0 aliphatic heterocycles. The molecule has 27 heavy (non-hydrogen) atoms. The Labute approximate surface area is 162 Å². The zero-order valence-electron chi connectivity index (χ0n) is 15.3. The van der Waals surface area contributed by atoms with Gasteiger partial charge in [0.2, 0.25) is 11.7 Å². The number of carbonyl (C=O) groups excluding carboxylic acids is 1. The highest BCUT2D eigenvalue weighted by Gasteiger charge is 2.21. The molecule has 0 saturated carbocycles. The van der Waals surface area contributed by atoms with Crippen LogP contribution in [0.25, 0.3) is 11.4 Å². The van der Waals surface area contributed by atoms with E-state index in [1.165, 1.54) is 4.90 Å². The Morgan fingerprint density at radius 2 is 2.00 bits per heavy atom. The smallest absolute Gasteiger partial charge is 0.263 e. The van der Waals surface area contributed by atoms with Crippen LogP contribution in [0.1, 0.15) is 18.4 Å². The number of carbonyl (C=O) groups is 1. The van der Waals surface area contributed by atoms with Crippen molar-refractivity contribution in [3.63, 3.8) is 0 Å². The Morgan fingerprint density at radius 1 is 1.26 bits per heavy atom. The van der Waals surface area contributed by atoms with Crippen LogP contribution in [0.2, 0.25) is 5.02 Å². The number of amides is 1. The summed E-state index contributed by atoms with van der Waals surface area (Å²) in [6, 6.07) is 14.7. The molecule has 7 heteroatoms. The molecular formula is C20H20ClN3O3. The first-order chi connectivity index (χ1) is 12.9. The van der Waals surface area contributed by atoms with Crippen molar-refractivity contribution in [1.82, 2.24) is 15.0 Å². The van der Waals surface area contributed by atoms with E-state index in [2.05, 4.69) is 10.1 Å². The molecule has 2 aromatic carbocycles. The molecule has 140 valence electrons. The third-order valence-electron chi connectivity index (χ3n) is 3.97. The van der Waals surface area contributed by atoms with Gasteiger partial charge in [0.25, 0.3) is 5.91 Å². The number of benzene rings is 2. The topological polar surface area (TPSA) is 68.5 Å². The molecule has 0 aliphatic rings. The maximum atomic E-state index is 12.5. The summed E-state index contributed by atoms with van der Waals surface area (Å²) in [7, 11) is 1.67. The predicted molar refractivity (Wildman–Crippen MR) is 102 cm³/mol. The van der Waals surface area contributed by atoms with Gasteiger partial charge in [0.15, 0.2) is 6.10 Å². The SMILES string of the molecule is Cc1cccc(-c2noc(CN(C)C(=O)[C@H](C)Oc3ccc(Cl)cc3)n2)c1. The first-order valence-corrected chi connectivity index (χ1v) is 8.87. The fraction of sp³-hybridized carbons (Fsp3) is 0.250. The highest BCUT2D eigenvalue weighted by atomic mass is 35.5. The summed E-state index contributed by atoms with van der Waals surface area (Å²) in [5.74, 6) is 1.24. The maximum absolute atomic E-state index is 12.5. The van der Waals surface area contributed by atoms with Crippen molar-refractivity contribution < 1.29 is 14.1 Å². The number of hydrogen-bond acceptors (Lipinski definition) is 5. The molecule has 1 heterocycles. The molecule has 0 bridgehead atoms. The number of aromatic nitrogens is 2. The first kappa shape index (κ1) is 18.9. The quantitative estimate of drug-likeness (QED) is 0.638. The Hall–Kier alpha value is -2.86. The van der Waals surface area contributed by atoms with Crippen LogP contribution >= 0.6 is 11.6 Å². The second-order valence-corrected chi connectivity index (χ2v) is 6.73. The number of hydrogen-bond donors (Lipinski definition) is 0. The van der Waals surface area contributed by atoms with E-state index in [1.807, 2.05) is 31.2 Å². The van der Waals surface area contributed by atoms with E-state index in [1.54, 1.807) is 38.2 Å². The van der Waals surface area contributed by atoms with Gasteiger partial charge in [0.1, 0.15) is 5.75 Å². The van der Waals surface area contributed by atoms with E-state index in [-0.39, 0.29) is 12.5 Å². The average molecular weight is 386 g/mol. The summed E-state index contributed by atoms with van der Waals surface area (Å²) in [5, 5.41) is 4.60. The van der Waals surface area contributed by atoms with Gasteiger partial charge in [-0.3, -0.25) is 4.79 Å². The average Bonchev–Trinajstić information content (AvgIpc) is 3.11. The summed E-state index contributed by atoms with van der Waals surface area (Å²) >= 11 is 5.85. The van der Waals surface area contributed by atoms with Crippen LogP contribution in [0, 0.1) is 6.92 Å². The molecule has 3 aromatic rings. The van der Waals surface area contributed by atoms with Crippen molar-refractivity contribution in [2.75, 3.05) is 7.05 Å². The standard InChI is InChI=1S/C20H20ClN3O3/c1-13-5-4-6-15(11-13)19-22-18(27-23-19)12-24(3)20(25)14(2)26-17-9-7-16(21)8-10-17/h4-11,14H,12H2,1-3H3/t14-/m0/s1. The van der Waals surface area contributed by atoms with E-state index < -0.39 is 6.10 Å². The monoisotopic (exact) mass is 385 g/mol. The number of likely N-dealkylation sites (N-methyl/N-ethyl adjacent to an activating group) is 1. The van der Waals surface area contributed by atoms with Crippen LogP contribution in [0.5, 0.6) is 5.75 Å². The van der Waals surface area contributed by atoms with Crippen LogP contribution in [0.3, 0.4) is 0 Å². The fourth-order valence-corrected chi connectivity index (χ4v) is 2.71. The molecule has 1 amide bonds. The molecule has 0 N–H and O–H groups in total. The van der Waals surface area contributed by atoms with Gasteiger partial charge in [-0.15, -0.1) is 0 Å². The maximum Gasteiger partial charge on any atom is 0.263 e. The summed E-state index contributed by atoms with van der Waals surface area (Å²) < 4.78 is 10.9. The van der Waals surface area contributed by atoms with Crippen molar-refractivity contribution in [2.24, 2.45) is 0 Å². The Balaban J connectivity index is 1.61. The molecule has 6 nitrogen and oxygen atoms in total. The van der Waals surface area contributed by atoms with Gasteiger partial charge >= 0.3 is 0 Å². The number of aryl methyl sites for hydroxylation is 1. The molecule has 0 fully saturated rings. The molecule has 1 atom stereocenters. The van der Waals surface area contributed by atoms with Crippen molar-refractivity contribution in [1.29, 1.82) is 0 Å². The van der Waals surface area contributed by atoms with Gasteiger partial charge in [-0.2, -0.15) is 4.98 Å². The van der Waals surface area contributed by atoms with Gasteiger partial charge < -0.3 is 14.2 Å². The van der Waals surface area contributed by atoms with Crippen molar-refractivity contribution in [2.45, 2.75) is 26.5 Å². The summed E-state index contributed by atoms with van der Waals surface area (Å²) in [6.07, 6.45) is -0.657. The number of halogens is 1. The van der Waals surface area contributed by atoms with Crippen molar-refractivity contribution >= 4 is 17.5 Å². The minimum Gasteiger partial charge on any atom is -0.481 e. The number of rotatable bonds is 6. The van der Waals surface area contributed by atoms with Crippen LogP contribution in [0.15, 0.2) is 53.1 Å². The summed E-state index contributed by atoms with van der Waals surface area (Å²) in [5.41, 5.74) is 1.98. The van der Waals surface area contributed by atoms with Crippen LogP contribution in [-0.2, 0) is 11.3 Å². The molecule has 0 unspecified atom stereocenters. The largest absolute Gasteiger partial charge is 0.481 e. The Kier molecular flexibility index (Phi) is 5.76. The second kappa shape index (κ2) is 8.22. The lowest BCUT2D eigenvalue weighted by Crippen LogP contribution is -2.37. The Morgan fingerprint density at radius 3 is 2.70 bits per heavy atom. The molecule has 0 radical (unpaired) electrons. The Bertz CT molecular complexity index is 924. The molecule has 1 aromatic heterocycles. The molecular weight excluding hydrogens is 366 g/mol. The lowest BCUT2D eigenvalue weighted by molar-refractivity contribution is -0.137. The van der Waals surface area contributed by atoms with E-state index in [4.69, 9.17) is 20.9 Å². The van der Waals surface area contributed by atoms with Gasteiger partial charge in [-0.25, -0.2) is 0 Å². The van der Waals surface area contributed by atoms with Crippen molar-refractivity contribution in [3.8, 4) is 17.1 Å². The second-order valence-electron chi connectivity index (χ2n) is 6.29. The van der Waals surface area contributed by atoms with Crippen LogP contribution in [0.4, 0.5) is 0 Å². The fourth-order valence-electron chi connectivity index (χ4n) is 2.58. The molecule has 0 saturated heterocycles. The summed E-state index contributed by atoms with van der Waals surface area (Å²) in [4.78, 5) is 18.4. The first-order valence-electron chi connectivity index (χ1n) is 8.49. The van der Waals surface area contributed by atoms with E-state index in [0.29, 0.717) is 22.5 Å². The number of ether oxygens (including phenoxy) is 1. The zero-order chi connectivity index (χ0) is 19.4. The van der Waals surface area contributed by atoms with Crippen molar-refractivity contribution in [3.05, 3.63) is 65.0 Å². The van der Waals surface area contributed by atoms with E-state index in [0.717, 1.165) is 11.1 Å². The van der Waals surface area contributed by atoms with Gasteiger partial charge in [0, 0.05) is 17.6 Å². The minimum absolute atomic E-state index is 0.194. The minimum atomic E-state index is -0.657. The zero-order valence-corrected chi connectivity index (χ0v) is 16.1. The lowest BCUT2D eigenvalue weighted by atomic mass is 10.1. The van der Waals surface area contributed by atoms with E-state index >= 15 is 0 Å². The number of nitrogens with zero attached hydrogens (tertiary/aromatic N) is 3. The van der Waals surface area contributed by atoms with Gasteiger partial charge in [0.05, 0.1) is 6.54 Å². The molecule has 0 spiro atoms. The highest BCUT2D eigenvalue weighted by Crippen LogP contribution is 2.19. The van der Waals surface area contributed by atoms with Crippen LogP contribution in [-0.4, -0.2) is 34.1 Å². The third-order valence-corrected chi connectivity index (χ3v) is 4.22. The molecule has 3 rings (SSSR count). The lowest BCUT2D eigenvalue weighted by Gasteiger charge is -2.20. The normalized spacial score (nSPS) is 11.9. The molecule has 0 aliphatic carbocycles. The van der Waals surface area contributed by atoms with Gasteiger partial charge in [-0.1, -0.05) is 40.5 Å². The highest BCUT2D eigenvalue weighted by molar-refractivity contribution is 6.30. The van der Waals surface area contributed by atoms with Crippen LogP contribution < -0.4 is 4.74 Å². The van der Waals surface area contributed by atoms with E-state index in [9.17, 15) is 4.79 Å². The summed E-state index contributed by atoms with van der Waals surface area (Å²) in [6.45, 7) is 3.89. The predicted octanol–water partition coefficient (Wildman–Crippen LogP) is 4.12. The third kappa shape index (κ3) is 4.86. The van der Waals surface area contributed by atoms with Gasteiger partial charge in [-0.05, 0) is 44.2 Å².